The highest BCUT2D eigenvalue weighted by Gasteiger charge is 2.10. The van der Waals surface area contributed by atoms with Gasteiger partial charge in [0.05, 0.1) is 5.56 Å². The number of carbonyl (C=O) groups is 2. The van der Waals surface area contributed by atoms with Gasteiger partial charge in [-0.15, -0.1) is 0 Å². The number of aromatic carboxylic acids is 1. The molecule has 0 radical (unpaired) electrons. The zero-order valence-corrected chi connectivity index (χ0v) is 9.29. The summed E-state index contributed by atoms with van der Waals surface area (Å²) in [5, 5.41) is 17.5. The van der Waals surface area contributed by atoms with E-state index in [9.17, 15) is 9.59 Å². The Labute approximate surface area is 102 Å². The van der Waals surface area contributed by atoms with Gasteiger partial charge in [-0.05, 0) is 24.3 Å². The van der Waals surface area contributed by atoms with Crippen molar-refractivity contribution in [3.05, 3.63) is 47.7 Å². The third kappa shape index (κ3) is 2.57. The SMILES string of the molecule is O=C(O)Cc1ccc(-c2cccc(C(=O)O)c2)o1. The van der Waals surface area contributed by atoms with Crippen LogP contribution >= 0.6 is 0 Å². The maximum absolute atomic E-state index is 10.8. The minimum absolute atomic E-state index is 0.156. The van der Waals surface area contributed by atoms with Gasteiger partial charge in [0.1, 0.15) is 17.9 Å². The van der Waals surface area contributed by atoms with Crippen LogP contribution in [0.25, 0.3) is 11.3 Å². The highest BCUT2D eigenvalue weighted by Crippen LogP contribution is 2.23. The molecule has 5 heteroatoms. The van der Waals surface area contributed by atoms with Crippen molar-refractivity contribution in [2.45, 2.75) is 6.42 Å². The van der Waals surface area contributed by atoms with Crippen molar-refractivity contribution in [1.29, 1.82) is 0 Å². The third-order valence-electron chi connectivity index (χ3n) is 2.38. The van der Waals surface area contributed by atoms with Crippen LogP contribution in [0.1, 0.15) is 16.1 Å². The van der Waals surface area contributed by atoms with Crippen molar-refractivity contribution in [3.8, 4) is 11.3 Å². The molecular weight excluding hydrogens is 236 g/mol. The maximum atomic E-state index is 10.8. The van der Waals surface area contributed by atoms with E-state index in [1.54, 1.807) is 24.3 Å². The second-order valence-corrected chi connectivity index (χ2v) is 3.72. The van der Waals surface area contributed by atoms with Crippen molar-refractivity contribution in [2.24, 2.45) is 0 Å². The summed E-state index contributed by atoms with van der Waals surface area (Å²) in [4.78, 5) is 21.3. The third-order valence-corrected chi connectivity index (χ3v) is 2.38. The van der Waals surface area contributed by atoms with Crippen LogP contribution in [0.2, 0.25) is 0 Å². The predicted octanol–water partition coefficient (Wildman–Crippen LogP) is 2.27. The summed E-state index contributed by atoms with van der Waals surface area (Å²) in [5.41, 5.74) is 0.759. The van der Waals surface area contributed by atoms with E-state index < -0.39 is 11.9 Å². The molecule has 0 aliphatic rings. The highest BCUT2D eigenvalue weighted by molar-refractivity contribution is 5.89. The van der Waals surface area contributed by atoms with Crippen molar-refractivity contribution >= 4 is 11.9 Å². The lowest BCUT2D eigenvalue weighted by Gasteiger charge is -1.99. The topological polar surface area (TPSA) is 87.7 Å². The summed E-state index contributed by atoms with van der Waals surface area (Å²) in [5.74, 6) is -1.21. The van der Waals surface area contributed by atoms with Gasteiger partial charge in [0.2, 0.25) is 0 Å². The number of carboxylic acids is 2. The molecule has 92 valence electrons. The van der Waals surface area contributed by atoms with Gasteiger partial charge in [-0.3, -0.25) is 4.79 Å². The first-order valence-electron chi connectivity index (χ1n) is 5.20. The molecule has 1 aromatic heterocycles. The van der Waals surface area contributed by atoms with E-state index in [1.807, 2.05) is 0 Å². The van der Waals surface area contributed by atoms with Crippen LogP contribution < -0.4 is 0 Å². The molecule has 0 bridgehead atoms. The molecule has 0 aliphatic carbocycles. The summed E-state index contributed by atoms with van der Waals surface area (Å²) >= 11 is 0. The smallest absolute Gasteiger partial charge is 0.335 e. The molecule has 1 aromatic carbocycles. The molecule has 1 heterocycles. The summed E-state index contributed by atoms with van der Waals surface area (Å²) < 4.78 is 5.34. The highest BCUT2D eigenvalue weighted by atomic mass is 16.4. The molecule has 0 saturated heterocycles. The molecule has 5 nitrogen and oxygen atoms in total. The molecule has 2 N–H and O–H groups in total. The fourth-order valence-electron chi connectivity index (χ4n) is 1.58. The normalized spacial score (nSPS) is 10.2. The Morgan fingerprint density at radius 2 is 1.89 bits per heavy atom. The van der Waals surface area contributed by atoms with Crippen LogP contribution in [0.3, 0.4) is 0 Å². The minimum Gasteiger partial charge on any atom is -0.481 e. The lowest BCUT2D eigenvalue weighted by atomic mass is 10.1. The number of benzene rings is 1. The van der Waals surface area contributed by atoms with E-state index in [2.05, 4.69) is 0 Å². The molecule has 0 fully saturated rings. The molecule has 0 saturated carbocycles. The fraction of sp³-hybridized carbons (Fsp3) is 0.0769. The number of carboxylic acid groups (broad SMARTS) is 2. The van der Waals surface area contributed by atoms with Gasteiger partial charge in [-0.25, -0.2) is 4.79 Å². The van der Waals surface area contributed by atoms with E-state index in [4.69, 9.17) is 14.6 Å². The molecule has 0 aliphatic heterocycles. The van der Waals surface area contributed by atoms with Crippen LogP contribution in [0.5, 0.6) is 0 Å². The van der Waals surface area contributed by atoms with E-state index in [0.29, 0.717) is 17.1 Å². The van der Waals surface area contributed by atoms with E-state index in [0.717, 1.165) is 0 Å². The van der Waals surface area contributed by atoms with Crippen LogP contribution in [-0.4, -0.2) is 22.2 Å². The van der Waals surface area contributed by atoms with Gasteiger partial charge in [0.25, 0.3) is 0 Å². The van der Waals surface area contributed by atoms with Gasteiger partial charge in [0.15, 0.2) is 0 Å². The second kappa shape index (κ2) is 4.75. The van der Waals surface area contributed by atoms with Crippen LogP contribution in [0.4, 0.5) is 0 Å². The summed E-state index contributed by atoms with van der Waals surface area (Å²) in [7, 11) is 0. The van der Waals surface area contributed by atoms with Gasteiger partial charge in [-0.2, -0.15) is 0 Å². The van der Waals surface area contributed by atoms with Gasteiger partial charge in [-0.1, -0.05) is 12.1 Å². The number of hydrogen-bond donors (Lipinski definition) is 2. The average molecular weight is 246 g/mol. The van der Waals surface area contributed by atoms with Crippen LogP contribution in [0.15, 0.2) is 40.8 Å². The fourth-order valence-corrected chi connectivity index (χ4v) is 1.58. The van der Waals surface area contributed by atoms with Crippen LogP contribution in [0, 0.1) is 0 Å². The molecule has 2 aromatic rings. The zero-order chi connectivity index (χ0) is 13.1. The average Bonchev–Trinajstić information content (AvgIpc) is 2.77. The lowest BCUT2D eigenvalue weighted by Crippen LogP contribution is -1.98. The van der Waals surface area contributed by atoms with Gasteiger partial charge >= 0.3 is 11.9 Å². The van der Waals surface area contributed by atoms with Crippen molar-refractivity contribution in [2.75, 3.05) is 0 Å². The Bertz CT molecular complexity index is 597. The lowest BCUT2D eigenvalue weighted by molar-refractivity contribution is -0.136. The standard InChI is InChI=1S/C13H10O5/c14-12(15)7-10-4-5-11(18-10)8-2-1-3-9(6-8)13(16)17/h1-6H,7H2,(H,14,15)(H,16,17). The summed E-state index contributed by atoms with van der Waals surface area (Å²) in [6, 6.07) is 9.46. The molecule has 0 amide bonds. The Hall–Kier alpha value is -2.56. The molecule has 2 rings (SSSR count). The largest absolute Gasteiger partial charge is 0.481 e. The Balaban J connectivity index is 2.31. The van der Waals surface area contributed by atoms with Crippen molar-refractivity contribution < 1.29 is 24.2 Å². The van der Waals surface area contributed by atoms with Crippen LogP contribution in [-0.2, 0) is 11.2 Å². The number of hydrogen-bond acceptors (Lipinski definition) is 3. The quantitative estimate of drug-likeness (QED) is 0.863. The Kier molecular flexibility index (Phi) is 3.14. The van der Waals surface area contributed by atoms with Crippen molar-refractivity contribution in [3.63, 3.8) is 0 Å². The minimum atomic E-state index is -1.02. The first-order valence-corrected chi connectivity index (χ1v) is 5.20. The van der Waals surface area contributed by atoms with E-state index >= 15 is 0 Å². The monoisotopic (exact) mass is 246 g/mol. The maximum Gasteiger partial charge on any atom is 0.335 e. The van der Waals surface area contributed by atoms with Gasteiger partial charge < -0.3 is 14.6 Å². The Morgan fingerprint density at radius 3 is 2.56 bits per heavy atom. The first kappa shape index (κ1) is 11.9. The number of rotatable bonds is 4. The molecule has 0 spiro atoms. The molecule has 0 unspecified atom stereocenters. The zero-order valence-electron chi connectivity index (χ0n) is 9.29. The first-order chi connectivity index (χ1) is 8.56. The van der Waals surface area contributed by atoms with E-state index in [-0.39, 0.29) is 12.0 Å². The predicted molar refractivity (Wildman–Crippen MR) is 62.4 cm³/mol. The summed E-state index contributed by atoms with van der Waals surface area (Å²) in [6.07, 6.45) is -0.196. The molecule has 18 heavy (non-hydrogen) atoms. The summed E-state index contributed by atoms with van der Waals surface area (Å²) in [6.45, 7) is 0. The number of furan rings is 1. The van der Waals surface area contributed by atoms with E-state index in [1.165, 1.54) is 12.1 Å². The Morgan fingerprint density at radius 1 is 1.11 bits per heavy atom. The van der Waals surface area contributed by atoms with Gasteiger partial charge in [0, 0.05) is 5.56 Å². The molecular formula is C13H10O5. The second-order valence-electron chi connectivity index (χ2n) is 3.72. The van der Waals surface area contributed by atoms with Crippen molar-refractivity contribution in [1.82, 2.24) is 0 Å². The molecule has 0 atom stereocenters. The number of aliphatic carboxylic acids is 1.